The van der Waals surface area contributed by atoms with Crippen molar-refractivity contribution in [2.75, 3.05) is 0 Å². The summed E-state index contributed by atoms with van der Waals surface area (Å²) in [4.78, 5) is 0. The third kappa shape index (κ3) is 2.55. The van der Waals surface area contributed by atoms with Gasteiger partial charge in [0.25, 0.3) is 0 Å². The largest absolute Gasteiger partial charge is 0.309 e. The van der Waals surface area contributed by atoms with Gasteiger partial charge in [-0.25, -0.2) is 0 Å². The summed E-state index contributed by atoms with van der Waals surface area (Å²) in [5, 5.41) is 2.63. The monoisotopic (exact) mass is 435 g/mol. The van der Waals surface area contributed by atoms with E-state index >= 15 is 0 Å². The van der Waals surface area contributed by atoms with E-state index in [2.05, 4.69) is 134 Å². The first-order valence-corrected chi connectivity index (χ1v) is 12.0. The Morgan fingerprint density at radius 2 is 1.24 bits per heavy atom. The first-order valence-electron chi connectivity index (χ1n) is 12.0. The molecule has 0 spiro atoms. The third-order valence-electron chi connectivity index (χ3n) is 7.57. The fraction of sp³-hybridized carbons (Fsp3) is 0.0909. The zero-order chi connectivity index (χ0) is 22.9. The average molecular weight is 436 g/mol. The van der Waals surface area contributed by atoms with Crippen LogP contribution in [0.3, 0.4) is 0 Å². The number of rotatable bonds is 2. The second-order valence-electron chi connectivity index (χ2n) is 9.82. The molecule has 0 unspecified atom stereocenters. The van der Waals surface area contributed by atoms with Crippen molar-refractivity contribution in [2.45, 2.75) is 19.3 Å². The fourth-order valence-electron chi connectivity index (χ4n) is 6.00. The van der Waals surface area contributed by atoms with Crippen molar-refractivity contribution in [3.05, 3.63) is 126 Å². The van der Waals surface area contributed by atoms with Crippen LogP contribution in [-0.4, -0.2) is 4.57 Å². The van der Waals surface area contributed by atoms with Gasteiger partial charge in [-0.15, -0.1) is 0 Å². The highest BCUT2D eigenvalue weighted by Gasteiger charge is 2.38. The van der Waals surface area contributed by atoms with E-state index in [0.29, 0.717) is 0 Å². The van der Waals surface area contributed by atoms with Gasteiger partial charge >= 0.3 is 0 Å². The highest BCUT2D eigenvalue weighted by Crippen LogP contribution is 2.53. The molecular formula is C33H25N. The van der Waals surface area contributed by atoms with E-state index in [9.17, 15) is 0 Å². The molecule has 0 radical (unpaired) electrons. The number of benzene rings is 5. The predicted molar refractivity (Wildman–Crippen MR) is 144 cm³/mol. The molecule has 1 aliphatic carbocycles. The maximum absolute atomic E-state index is 2.47. The van der Waals surface area contributed by atoms with Crippen LogP contribution in [-0.2, 0) is 5.41 Å². The van der Waals surface area contributed by atoms with E-state index in [1.165, 1.54) is 60.9 Å². The SMILES string of the molecule is CC1(C)c2cc(-c3ccccc3)ccc2-c2ccc3c4ccccc4n(-c4ccccc4)c3c21. The average Bonchev–Trinajstić information content (AvgIpc) is 3.34. The molecule has 1 heterocycles. The maximum atomic E-state index is 2.47. The Bertz CT molecular complexity index is 1700. The minimum Gasteiger partial charge on any atom is -0.309 e. The maximum Gasteiger partial charge on any atom is 0.0588 e. The molecule has 34 heavy (non-hydrogen) atoms. The number of nitrogens with zero attached hydrogens (tertiary/aromatic N) is 1. The van der Waals surface area contributed by atoms with Crippen molar-refractivity contribution in [2.24, 2.45) is 0 Å². The van der Waals surface area contributed by atoms with Crippen molar-refractivity contribution in [1.82, 2.24) is 4.57 Å². The highest BCUT2D eigenvalue weighted by atomic mass is 15.0. The number of aromatic nitrogens is 1. The van der Waals surface area contributed by atoms with Gasteiger partial charge in [0, 0.05) is 21.9 Å². The molecule has 0 fully saturated rings. The quantitative estimate of drug-likeness (QED) is 0.256. The lowest BCUT2D eigenvalue weighted by atomic mass is 9.80. The minimum atomic E-state index is -0.115. The van der Waals surface area contributed by atoms with Crippen LogP contribution in [0.25, 0.3) is 49.7 Å². The van der Waals surface area contributed by atoms with Crippen LogP contribution in [0, 0.1) is 0 Å². The van der Waals surface area contributed by atoms with E-state index in [1.807, 2.05) is 0 Å². The first-order chi connectivity index (χ1) is 16.6. The van der Waals surface area contributed by atoms with Gasteiger partial charge in [-0.2, -0.15) is 0 Å². The molecule has 5 aromatic carbocycles. The zero-order valence-corrected chi connectivity index (χ0v) is 19.4. The van der Waals surface area contributed by atoms with Crippen molar-refractivity contribution < 1.29 is 0 Å². The molecule has 0 aliphatic heterocycles. The lowest BCUT2D eigenvalue weighted by Crippen LogP contribution is -2.16. The highest BCUT2D eigenvalue weighted by molar-refractivity contribution is 6.13. The van der Waals surface area contributed by atoms with Crippen LogP contribution >= 0.6 is 0 Å². The minimum absolute atomic E-state index is 0.115. The molecule has 0 saturated heterocycles. The Balaban J connectivity index is 1.57. The smallest absolute Gasteiger partial charge is 0.0588 e. The van der Waals surface area contributed by atoms with Crippen LogP contribution in [0.15, 0.2) is 115 Å². The Labute approximate surface area is 199 Å². The van der Waals surface area contributed by atoms with Gasteiger partial charge in [-0.1, -0.05) is 105 Å². The van der Waals surface area contributed by atoms with Crippen molar-refractivity contribution in [1.29, 1.82) is 0 Å². The van der Waals surface area contributed by atoms with Crippen molar-refractivity contribution in [3.63, 3.8) is 0 Å². The topological polar surface area (TPSA) is 4.93 Å². The van der Waals surface area contributed by atoms with E-state index < -0.39 is 0 Å². The summed E-state index contributed by atoms with van der Waals surface area (Å²) in [5.74, 6) is 0. The number of hydrogen-bond acceptors (Lipinski definition) is 0. The fourth-order valence-corrected chi connectivity index (χ4v) is 6.00. The van der Waals surface area contributed by atoms with Crippen molar-refractivity contribution >= 4 is 21.8 Å². The van der Waals surface area contributed by atoms with E-state index in [0.717, 1.165) is 0 Å². The third-order valence-corrected chi connectivity index (χ3v) is 7.57. The van der Waals surface area contributed by atoms with Gasteiger partial charge in [-0.3, -0.25) is 0 Å². The van der Waals surface area contributed by atoms with Crippen LogP contribution < -0.4 is 0 Å². The lowest BCUT2D eigenvalue weighted by Gasteiger charge is -2.24. The van der Waals surface area contributed by atoms with E-state index in [-0.39, 0.29) is 5.41 Å². The van der Waals surface area contributed by atoms with E-state index in [1.54, 1.807) is 0 Å². The van der Waals surface area contributed by atoms with Gasteiger partial charge in [0.1, 0.15) is 0 Å². The first kappa shape index (κ1) is 19.4. The summed E-state index contributed by atoms with van der Waals surface area (Å²) in [7, 11) is 0. The normalized spacial score (nSPS) is 13.8. The molecule has 1 aromatic heterocycles. The summed E-state index contributed by atoms with van der Waals surface area (Å²) in [6, 6.07) is 42.0. The molecule has 0 atom stereocenters. The summed E-state index contributed by atoms with van der Waals surface area (Å²) in [5.41, 5.74) is 11.8. The summed E-state index contributed by atoms with van der Waals surface area (Å²) >= 11 is 0. The molecule has 162 valence electrons. The Hall–Kier alpha value is -4.10. The van der Waals surface area contributed by atoms with Crippen LogP contribution in [0.2, 0.25) is 0 Å². The molecule has 0 N–H and O–H groups in total. The van der Waals surface area contributed by atoms with Crippen LogP contribution in [0.1, 0.15) is 25.0 Å². The molecule has 0 bridgehead atoms. The van der Waals surface area contributed by atoms with Gasteiger partial charge in [-0.05, 0) is 57.6 Å². The second kappa shape index (κ2) is 6.95. The molecule has 6 aromatic rings. The molecule has 1 aliphatic rings. The Morgan fingerprint density at radius 3 is 2.03 bits per heavy atom. The van der Waals surface area contributed by atoms with Crippen molar-refractivity contribution in [3.8, 4) is 27.9 Å². The van der Waals surface area contributed by atoms with Gasteiger partial charge in [0.15, 0.2) is 0 Å². The molecule has 0 amide bonds. The van der Waals surface area contributed by atoms with Gasteiger partial charge in [0.05, 0.1) is 11.0 Å². The molecular weight excluding hydrogens is 410 g/mol. The number of hydrogen-bond donors (Lipinski definition) is 0. The molecule has 1 nitrogen and oxygen atoms in total. The van der Waals surface area contributed by atoms with Crippen LogP contribution in [0.5, 0.6) is 0 Å². The molecule has 1 heteroatoms. The Morgan fingerprint density at radius 1 is 0.559 bits per heavy atom. The predicted octanol–water partition coefficient (Wildman–Crippen LogP) is 8.76. The summed E-state index contributed by atoms with van der Waals surface area (Å²) < 4.78 is 2.47. The number of para-hydroxylation sites is 2. The van der Waals surface area contributed by atoms with E-state index in [4.69, 9.17) is 0 Å². The van der Waals surface area contributed by atoms with Gasteiger partial charge < -0.3 is 4.57 Å². The van der Waals surface area contributed by atoms with Crippen LogP contribution in [0.4, 0.5) is 0 Å². The molecule has 0 saturated carbocycles. The second-order valence-corrected chi connectivity index (χ2v) is 9.82. The Kier molecular flexibility index (Phi) is 3.96. The number of fused-ring (bicyclic) bond motifs is 7. The van der Waals surface area contributed by atoms with Gasteiger partial charge in [0.2, 0.25) is 0 Å². The molecule has 7 rings (SSSR count). The standard InChI is InChI=1S/C33H25N/c1-33(2)29-21-23(22-11-5-3-6-12-22)17-18-25(29)27-19-20-28-26-15-9-10-16-30(26)34(32(28)31(27)33)24-13-7-4-8-14-24/h3-21H,1-2H3. The lowest BCUT2D eigenvalue weighted by molar-refractivity contribution is 0.664. The summed E-state index contributed by atoms with van der Waals surface area (Å²) in [6.45, 7) is 4.78. The zero-order valence-electron chi connectivity index (χ0n) is 19.4. The summed E-state index contributed by atoms with van der Waals surface area (Å²) in [6.07, 6.45) is 0.